The summed E-state index contributed by atoms with van der Waals surface area (Å²) in [6, 6.07) is 10.3. The summed E-state index contributed by atoms with van der Waals surface area (Å²) < 4.78 is 0. The lowest BCUT2D eigenvalue weighted by Gasteiger charge is -2.16. The Kier molecular flexibility index (Phi) is 2.00. The number of benzene rings is 1. The maximum atomic E-state index is 5.48. The average molecular weight is 173 g/mol. The molecule has 2 rings (SSSR count). The molecular formula is C10H11N3. The average Bonchev–Trinajstić information content (AvgIpc) is 2.20. The van der Waals surface area contributed by atoms with Gasteiger partial charge in [-0.1, -0.05) is 36.4 Å². The Hall–Kier alpha value is -1.77. The van der Waals surface area contributed by atoms with Crippen LogP contribution in [0.3, 0.4) is 0 Å². The van der Waals surface area contributed by atoms with Gasteiger partial charge in [-0.3, -0.25) is 5.43 Å². The maximum Gasteiger partial charge on any atom is 0.143 e. The van der Waals surface area contributed by atoms with E-state index in [9.17, 15) is 0 Å². The van der Waals surface area contributed by atoms with Crippen molar-refractivity contribution in [2.45, 2.75) is 6.04 Å². The van der Waals surface area contributed by atoms with E-state index in [-0.39, 0.29) is 6.04 Å². The Morgan fingerprint density at radius 2 is 2.00 bits per heavy atom. The third-order valence-electron chi connectivity index (χ3n) is 1.95. The molecule has 0 radical (unpaired) electrons. The molecule has 0 amide bonds. The van der Waals surface area contributed by atoms with Gasteiger partial charge < -0.3 is 5.73 Å². The molecule has 0 saturated heterocycles. The first-order valence-electron chi connectivity index (χ1n) is 4.18. The number of nitrogens with one attached hydrogen (secondary N) is 1. The number of nitrogens with two attached hydrogens (primary N) is 1. The van der Waals surface area contributed by atoms with Gasteiger partial charge in [-0.2, -0.15) is 5.10 Å². The quantitative estimate of drug-likeness (QED) is 0.669. The van der Waals surface area contributed by atoms with Gasteiger partial charge in [0, 0.05) is 0 Å². The SMILES string of the molecule is NC1=NNC(c2ccccc2)C=C1. The minimum absolute atomic E-state index is 0.147. The zero-order valence-corrected chi connectivity index (χ0v) is 7.14. The van der Waals surface area contributed by atoms with Crippen molar-refractivity contribution in [2.24, 2.45) is 10.8 Å². The summed E-state index contributed by atoms with van der Waals surface area (Å²) in [6.45, 7) is 0. The van der Waals surface area contributed by atoms with Gasteiger partial charge in [0.15, 0.2) is 0 Å². The third-order valence-corrected chi connectivity index (χ3v) is 1.95. The molecule has 0 saturated carbocycles. The van der Waals surface area contributed by atoms with Crippen LogP contribution in [-0.2, 0) is 0 Å². The molecule has 1 aliphatic heterocycles. The molecule has 1 aliphatic rings. The van der Waals surface area contributed by atoms with E-state index in [2.05, 4.69) is 22.7 Å². The van der Waals surface area contributed by atoms with Crippen LogP contribution >= 0.6 is 0 Å². The first-order valence-corrected chi connectivity index (χ1v) is 4.18. The number of hydrogen-bond acceptors (Lipinski definition) is 3. The van der Waals surface area contributed by atoms with E-state index in [1.807, 2.05) is 30.4 Å². The van der Waals surface area contributed by atoms with Crippen molar-refractivity contribution in [3.63, 3.8) is 0 Å². The number of nitrogens with zero attached hydrogens (tertiary/aromatic N) is 1. The van der Waals surface area contributed by atoms with E-state index in [0.717, 1.165) is 0 Å². The van der Waals surface area contributed by atoms with Crippen molar-refractivity contribution in [1.29, 1.82) is 0 Å². The molecule has 1 unspecified atom stereocenters. The second kappa shape index (κ2) is 3.31. The predicted octanol–water partition coefficient (Wildman–Crippen LogP) is 1.16. The van der Waals surface area contributed by atoms with E-state index >= 15 is 0 Å². The molecule has 13 heavy (non-hydrogen) atoms. The van der Waals surface area contributed by atoms with Crippen LogP contribution in [0.25, 0.3) is 0 Å². The highest BCUT2D eigenvalue weighted by atomic mass is 15.3. The molecule has 1 atom stereocenters. The molecule has 1 aromatic rings. The van der Waals surface area contributed by atoms with Gasteiger partial charge in [0.05, 0.1) is 6.04 Å². The van der Waals surface area contributed by atoms with Crippen LogP contribution in [0.4, 0.5) is 0 Å². The summed E-state index contributed by atoms with van der Waals surface area (Å²) in [5, 5.41) is 3.95. The fourth-order valence-electron chi connectivity index (χ4n) is 1.27. The molecule has 3 heteroatoms. The lowest BCUT2D eigenvalue weighted by molar-refractivity contribution is 0.650. The van der Waals surface area contributed by atoms with Crippen LogP contribution in [-0.4, -0.2) is 5.84 Å². The van der Waals surface area contributed by atoms with Crippen LogP contribution in [0.1, 0.15) is 11.6 Å². The van der Waals surface area contributed by atoms with Gasteiger partial charge in [0.25, 0.3) is 0 Å². The first kappa shape index (κ1) is 7.86. The van der Waals surface area contributed by atoms with Crippen LogP contribution < -0.4 is 11.2 Å². The van der Waals surface area contributed by atoms with Crippen molar-refractivity contribution in [3.05, 3.63) is 48.0 Å². The van der Waals surface area contributed by atoms with Crippen molar-refractivity contribution in [1.82, 2.24) is 5.43 Å². The maximum absolute atomic E-state index is 5.48. The van der Waals surface area contributed by atoms with E-state index in [0.29, 0.717) is 5.84 Å². The molecule has 0 bridgehead atoms. The number of rotatable bonds is 1. The van der Waals surface area contributed by atoms with Crippen LogP contribution in [0.5, 0.6) is 0 Å². The van der Waals surface area contributed by atoms with Crippen LogP contribution in [0.15, 0.2) is 47.6 Å². The van der Waals surface area contributed by atoms with Crippen LogP contribution in [0.2, 0.25) is 0 Å². The molecule has 0 aromatic heterocycles. The van der Waals surface area contributed by atoms with Crippen molar-refractivity contribution in [3.8, 4) is 0 Å². The molecular weight excluding hydrogens is 162 g/mol. The highest BCUT2D eigenvalue weighted by Gasteiger charge is 2.08. The summed E-state index contributed by atoms with van der Waals surface area (Å²) in [5.41, 5.74) is 9.63. The summed E-state index contributed by atoms with van der Waals surface area (Å²) >= 11 is 0. The summed E-state index contributed by atoms with van der Waals surface area (Å²) in [6.07, 6.45) is 3.81. The Balaban J connectivity index is 2.18. The molecule has 3 nitrogen and oxygen atoms in total. The van der Waals surface area contributed by atoms with Gasteiger partial charge >= 0.3 is 0 Å². The van der Waals surface area contributed by atoms with Gasteiger partial charge in [0.1, 0.15) is 5.84 Å². The Morgan fingerprint density at radius 1 is 1.23 bits per heavy atom. The topological polar surface area (TPSA) is 50.4 Å². The van der Waals surface area contributed by atoms with Crippen molar-refractivity contribution < 1.29 is 0 Å². The molecule has 3 N–H and O–H groups in total. The predicted molar refractivity (Wildman–Crippen MR) is 53.1 cm³/mol. The number of amidine groups is 1. The van der Waals surface area contributed by atoms with Gasteiger partial charge in [0.2, 0.25) is 0 Å². The van der Waals surface area contributed by atoms with Gasteiger partial charge in [-0.05, 0) is 11.6 Å². The number of hydrogen-bond donors (Lipinski definition) is 2. The summed E-state index contributed by atoms with van der Waals surface area (Å²) in [5.74, 6) is 0.521. The lowest BCUT2D eigenvalue weighted by atomic mass is 10.1. The zero-order valence-electron chi connectivity index (χ0n) is 7.14. The fraction of sp³-hybridized carbons (Fsp3) is 0.100. The molecule has 0 fully saturated rings. The largest absolute Gasteiger partial charge is 0.382 e. The molecule has 0 spiro atoms. The second-order valence-corrected chi connectivity index (χ2v) is 2.91. The molecule has 0 aliphatic carbocycles. The van der Waals surface area contributed by atoms with E-state index < -0.39 is 0 Å². The molecule has 1 heterocycles. The summed E-state index contributed by atoms with van der Waals surface area (Å²) in [4.78, 5) is 0. The Morgan fingerprint density at radius 3 is 2.62 bits per heavy atom. The highest BCUT2D eigenvalue weighted by molar-refractivity contribution is 5.91. The fourth-order valence-corrected chi connectivity index (χ4v) is 1.27. The monoisotopic (exact) mass is 173 g/mol. The van der Waals surface area contributed by atoms with E-state index in [1.54, 1.807) is 0 Å². The lowest BCUT2D eigenvalue weighted by Crippen LogP contribution is -2.23. The normalized spacial score (nSPS) is 20.6. The second-order valence-electron chi connectivity index (χ2n) is 2.91. The number of hydrazone groups is 1. The third kappa shape index (κ3) is 1.69. The van der Waals surface area contributed by atoms with Gasteiger partial charge in [-0.25, -0.2) is 0 Å². The van der Waals surface area contributed by atoms with Crippen LogP contribution in [0, 0.1) is 0 Å². The Labute approximate surface area is 77.0 Å². The smallest absolute Gasteiger partial charge is 0.143 e. The Bertz CT molecular complexity index is 340. The summed E-state index contributed by atoms with van der Waals surface area (Å²) in [7, 11) is 0. The van der Waals surface area contributed by atoms with Crippen molar-refractivity contribution in [2.75, 3.05) is 0 Å². The first-order chi connectivity index (χ1) is 6.36. The minimum Gasteiger partial charge on any atom is -0.382 e. The van der Waals surface area contributed by atoms with E-state index in [4.69, 9.17) is 5.73 Å². The van der Waals surface area contributed by atoms with Crippen molar-refractivity contribution >= 4 is 5.84 Å². The highest BCUT2D eigenvalue weighted by Crippen LogP contribution is 2.15. The zero-order chi connectivity index (χ0) is 9.10. The molecule has 66 valence electrons. The van der Waals surface area contributed by atoms with E-state index in [1.165, 1.54) is 5.56 Å². The van der Waals surface area contributed by atoms with Gasteiger partial charge in [-0.15, -0.1) is 0 Å². The molecule has 1 aromatic carbocycles. The standard InChI is InChI=1S/C10H11N3/c11-10-7-6-9(12-13-10)8-4-2-1-3-5-8/h1-7,9,12H,(H2,11,13). The minimum atomic E-state index is 0.147.